The van der Waals surface area contributed by atoms with Gasteiger partial charge in [-0.3, -0.25) is 0 Å². The third-order valence-electron chi connectivity index (χ3n) is 1.56. The summed E-state index contributed by atoms with van der Waals surface area (Å²) in [5, 5.41) is 0. The van der Waals surface area contributed by atoms with Gasteiger partial charge in [-0.05, 0) is 17.7 Å². The van der Waals surface area contributed by atoms with Crippen LogP contribution in [-0.2, 0) is 0 Å². The van der Waals surface area contributed by atoms with Gasteiger partial charge in [-0.2, -0.15) is 13.2 Å². The lowest BCUT2D eigenvalue weighted by molar-refractivity contribution is -0.149. The molecule has 0 heterocycles. The molecule has 14 heavy (non-hydrogen) atoms. The molecule has 1 rings (SSSR count). The van der Waals surface area contributed by atoms with Crippen LogP contribution in [0.4, 0.5) is 17.6 Å². The van der Waals surface area contributed by atoms with Crippen LogP contribution in [0.3, 0.4) is 0 Å². The summed E-state index contributed by atoms with van der Waals surface area (Å²) in [6.07, 6.45) is -4.53. The molecular weight excluding hydrogens is 222 g/mol. The Labute approximate surface area is 84.3 Å². The van der Waals surface area contributed by atoms with E-state index >= 15 is 0 Å². The minimum absolute atomic E-state index is 0. The molecule has 0 radical (unpaired) electrons. The monoisotopic (exact) mass is 229 g/mol. The van der Waals surface area contributed by atoms with Crippen LogP contribution < -0.4 is 5.73 Å². The van der Waals surface area contributed by atoms with Crippen LogP contribution in [0.2, 0.25) is 0 Å². The number of alkyl halides is 3. The van der Waals surface area contributed by atoms with Gasteiger partial charge < -0.3 is 5.73 Å². The summed E-state index contributed by atoms with van der Waals surface area (Å²) in [5.74, 6) is -0.725. The lowest BCUT2D eigenvalue weighted by Crippen LogP contribution is -2.28. The largest absolute Gasteiger partial charge is 0.407 e. The fraction of sp³-hybridized carbons (Fsp3) is 0.250. The molecule has 0 saturated heterocycles. The molecule has 0 aromatic heterocycles. The molecule has 0 aliphatic rings. The molecule has 1 nitrogen and oxygen atoms in total. The minimum Gasteiger partial charge on any atom is -0.316 e. The second-order valence-electron chi connectivity index (χ2n) is 2.57. The molecule has 0 unspecified atom stereocenters. The van der Waals surface area contributed by atoms with Crippen molar-refractivity contribution in [2.24, 2.45) is 5.73 Å². The summed E-state index contributed by atoms with van der Waals surface area (Å²) in [5.41, 5.74) is 4.58. The van der Waals surface area contributed by atoms with Crippen LogP contribution in [0.1, 0.15) is 11.6 Å². The van der Waals surface area contributed by atoms with E-state index in [0.717, 1.165) is 18.2 Å². The summed E-state index contributed by atoms with van der Waals surface area (Å²) < 4.78 is 48.6. The zero-order chi connectivity index (χ0) is 10.1. The molecule has 2 N–H and O–H groups in total. The van der Waals surface area contributed by atoms with E-state index in [4.69, 9.17) is 5.73 Å². The van der Waals surface area contributed by atoms with Gasteiger partial charge in [-0.15, -0.1) is 12.4 Å². The maximum absolute atomic E-state index is 12.5. The zero-order valence-electron chi connectivity index (χ0n) is 6.88. The van der Waals surface area contributed by atoms with Gasteiger partial charge >= 0.3 is 6.18 Å². The molecule has 0 bridgehead atoms. The fourth-order valence-corrected chi connectivity index (χ4v) is 0.889. The summed E-state index contributed by atoms with van der Waals surface area (Å²) in [7, 11) is 0. The number of nitrogens with two attached hydrogens (primary N) is 1. The number of hydrogen-bond donors (Lipinski definition) is 1. The number of benzene rings is 1. The molecule has 1 atom stereocenters. The average Bonchev–Trinajstić information content (AvgIpc) is 2.01. The Kier molecular flexibility index (Phi) is 4.35. The van der Waals surface area contributed by atoms with Gasteiger partial charge in [0.1, 0.15) is 11.9 Å². The van der Waals surface area contributed by atoms with Gasteiger partial charge in [0.15, 0.2) is 0 Å². The smallest absolute Gasteiger partial charge is 0.316 e. The Balaban J connectivity index is 0.00000169. The molecule has 0 spiro atoms. The van der Waals surface area contributed by atoms with E-state index in [0.29, 0.717) is 0 Å². The molecule has 1 aromatic rings. The summed E-state index contributed by atoms with van der Waals surface area (Å²) in [6, 6.07) is 2.05. The minimum atomic E-state index is -4.53. The molecule has 0 aliphatic carbocycles. The molecule has 6 heteroatoms. The van der Waals surface area contributed by atoms with Crippen molar-refractivity contribution in [3.63, 3.8) is 0 Å². The fourth-order valence-electron chi connectivity index (χ4n) is 0.889. The van der Waals surface area contributed by atoms with Crippen molar-refractivity contribution in [3.05, 3.63) is 35.6 Å². The lowest BCUT2D eigenvalue weighted by atomic mass is 10.1. The van der Waals surface area contributed by atoms with E-state index in [2.05, 4.69) is 0 Å². The highest BCUT2D eigenvalue weighted by Crippen LogP contribution is 2.30. The van der Waals surface area contributed by atoms with Crippen molar-refractivity contribution >= 4 is 12.4 Å². The molecule has 0 fully saturated rings. The van der Waals surface area contributed by atoms with Crippen molar-refractivity contribution in [2.75, 3.05) is 0 Å². The third kappa shape index (κ3) is 3.16. The number of halogens is 5. The second kappa shape index (κ2) is 4.61. The number of hydrogen-bond acceptors (Lipinski definition) is 1. The van der Waals surface area contributed by atoms with E-state index in [-0.39, 0.29) is 18.0 Å². The first-order chi connectivity index (χ1) is 5.91. The molecule has 0 amide bonds. The Bertz CT molecular complexity index is 300. The predicted molar refractivity (Wildman–Crippen MR) is 46.6 cm³/mol. The van der Waals surface area contributed by atoms with Gasteiger partial charge in [-0.25, -0.2) is 4.39 Å². The second-order valence-corrected chi connectivity index (χ2v) is 2.57. The molecule has 0 aliphatic heterocycles. The summed E-state index contributed by atoms with van der Waals surface area (Å²) >= 11 is 0. The quantitative estimate of drug-likeness (QED) is 0.737. The molecule has 0 saturated carbocycles. The molecule has 1 aromatic carbocycles. The van der Waals surface area contributed by atoms with Crippen LogP contribution in [-0.4, -0.2) is 6.18 Å². The maximum Gasteiger partial charge on any atom is 0.407 e. The first kappa shape index (κ1) is 13.2. The van der Waals surface area contributed by atoms with Gasteiger partial charge in [0.25, 0.3) is 0 Å². The van der Waals surface area contributed by atoms with Crippen LogP contribution in [0.15, 0.2) is 24.3 Å². The highest BCUT2D eigenvalue weighted by atomic mass is 35.5. The third-order valence-corrected chi connectivity index (χ3v) is 1.56. The topological polar surface area (TPSA) is 26.0 Å². The van der Waals surface area contributed by atoms with Gasteiger partial charge in [-0.1, -0.05) is 12.1 Å². The van der Waals surface area contributed by atoms with Crippen molar-refractivity contribution in [3.8, 4) is 0 Å². The Morgan fingerprint density at radius 3 is 2.21 bits per heavy atom. The van der Waals surface area contributed by atoms with Crippen LogP contribution in [0, 0.1) is 5.82 Å². The maximum atomic E-state index is 12.5. The predicted octanol–water partition coefficient (Wildman–Crippen LogP) is 2.81. The van der Waals surface area contributed by atoms with Gasteiger partial charge in [0.05, 0.1) is 0 Å². The van der Waals surface area contributed by atoms with Crippen LogP contribution in [0.5, 0.6) is 0 Å². The van der Waals surface area contributed by atoms with E-state index < -0.39 is 18.0 Å². The first-order valence-corrected chi connectivity index (χ1v) is 3.49. The summed E-state index contributed by atoms with van der Waals surface area (Å²) in [4.78, 5) is 0. The lowest BCUT2D eigenvalue weighted by Gasteiger charge is -2.15. The zero-order valence-corrected chi connectivity index (χ0v) is 7.70. The Morgan fingerprint density at radius 2 is 1.79 bits per heavy atom. The van der Waals surface area contributed by atoms with Crippen molar-refractivity contribution in [2.45, 2.75) is 12.2 Å². The van der Waals surface area contributed by atoms with Crippen molar-refractivity contribution in [1.29, 1.82) is 0 Å². The molecular formula is C8H8ClF4N. The Morgan fingerprint density at radius 1 is 1.21 bits per heavy atom. The standard InChI is InChI=1S/C8H7F4N.ClH/c9-6-3-1-2-5(4-6)7(13)8(10,11)12;/h1-4,7H,13H2;1H/t7-;/m1./s1. The molecule has 80 valence electrons. The van der Waals surface area contributed by atoms with Crippen LogP contribution >= 0.6 is 12.4 Å². The highest BCUT2D eigenvalue weighted by Gasteiger charge is 2.37. The van der Waals surface area contributed by atoms with Crippen molar-refractivity contribution < 1.29 is 17.6 Å². The van der Waals surface area contributed by atoms with E-state index in [1.165, 1.54) is 6.07 Å². The summed E-state index contributed by atoms with van der Waals surface area (Å²) in [6.45, 7) is 0. The van der Waals surface area contributed by atoms with Crippen LogP contribution in [0.25, 0.3) is 0 Å². The number of rotatable bonds is 1. The first-order valence-electron chi connectivity index (χ1n) is 3.49. The average molecular weight is 230 g/mol. The van der Waals surface area contributed by atoms with Gasteiger partial charge in [0.2, 0.25) is 0 Å². The normalized spacial score (nSPS) is 13.2. The van der Waals surface area contributed by atoms with E-state index in [1.54, 1.807) is 0 Å². The highest BCUT2D eigenvalue weighted by molar-refractivity contribution is 5.85. The van der Waals surface area contributed by atoms with Crippen molar-refractivity contribution in [1.82, 2.24) is 0 Å². The van der Waals surface area contributed by atoms with E-state index in [9.17, 15) is 17.6 Å². The van der Waals surface area contributed by atoms with E-state index in [1.807, 2.05) is 0 Å². The van der Waals surface area contributed by atoms with Gasteiger partial charge in [0, 0.05) is 0 Å². The Hall–Kier alpha value is -0.810. The SMILES string of the molecule is Cl.N[C@H](c1cccc(F)c1)C(F)(F)F.